The van der Waals surface area contributed by atoms with Gasteiger partial charge in [-0.3, -0.25) is 4.79 Å². The quantitative estimate of drug-likeness (QED) is 0.251. The average molecular weight is 312 g/mol. The van der Waals surface area contributed by atoms with Crippen molar-refractivity contribution in [1.29, 1.82) is 0 Å². The number of carbonyl (C=O) groups is 1. The molecule has 0 aromatic heterocycles. The van der Waals surface area contributed by atoms with Crippen LogP contribution in [0.4, 0.5) is 0 Å². The highest BCUT2D eigenvalue weighted by atomic mass is 16.4. The zero-order valence-electron chi connectivity index (χ0n) is 12.0. The molecule has 1 aromatic carbocycles. The van der Waals surface area contributed by atoms with E-state index in [0.717, 1.165) is 11.1 Å². The number of amides is 1. The molecule has 6 N–H and O–H groups in total. The van der Waals surface area contributed by atoms with Gasteiger partial charge < -0.3 is 25.5 Å². The van der Waals surface area contributed by atoms with Crippen molar-refractivity contribution in [2.24, 2.45) is 5.10 Å². The fourth-order valence-electron chi connectivity index (χ4n) is 1.57. The first kappa shape index (κ1) is 18.2. The SMILES string of the molecule is Cc1ccc(/C=N/NC(=O)[C@@H](O)[C@H](O)[C@H](O)[C@H](O)CO)cc1. The maximum atomic E-state index is 11.6. The number of nitrogens with zero attached hydrogens (tertiary/aromatic N) is 1. The number of hydrogen-bond donors (Lipinski definition) is 6. The standard InChI is InChI=1S/C14H20N2O6/c1-8-2-4-9(5-3-8)6-15-16-14(22)13(21)12(20)11(19)10(18)7-17/h2-6,10-13,17-21H,7H2,1H3,(H,16,22)/b15-6+/t10-,11-,12-,13+/m1/s1. The van der Waals surface area contributed by atoms with Crippen LogP contribution in [0.2, 0.25) is 0 Å². The lowest BCUT2D eigenvalue weighted by Crippen LogP contribution is -2.50. The van der Waals surface area contributed by atoms with Crippen LogP contribution in [0.5, 0.6) is 0 Å². The molecule has 0 aliphatic carbocycles. The molecule has 122 valence electrons. The lowest BCUT2D eigenvalue weighted by Gasteiger charge is -2.24. The van der Waals surface area contributed by atoms with Gasteiger partial charge in [0.05, 0.1) is 12.8 Å². The van der Waals surface area contributed by atoms with Crippen LogP contribution in [0, 0.1) is 6.92 Å². The molecule has 1 aromatic rings. The zero-order chi connectivity index (χ0) is 16.7. The Balaban J connectivity index is 2.55. The van der Waals surface area contributed by atoms with Crippen molar-refractivity contribution in [2.45, 2.75) is 31.3 Å². The Morgan fingerprint density at radius 2 is 1.77 bits per heavy atom. The number of hydrazone groups is 1. The molecular formula is C14H20N2O6. The van der Waals surface area contributed by atoms with E-state index in [1.165, 1.54) is 6.21 Å². The van der Waals surface area contributed by atoms with Crippen molar-refractivity contribution < 1.29 is 30.3 Å². The largest absolute Gasteiger partial charge is 0.394 e. The first-order chi connectivity index (χ1) is 10.4. The van der Waals surface area contributed by atoms with Gasteiger partial charge in [-0.05, 0) is 12.5 Å². The molecule has 0 aliphatic rings. The minimum absolute atomic E-state index is 0.719. The van der Waals surface area contributed by atoms with Crippen LogP contribution in [0.25, 0.3) is 0 Å². The van der Waals surface area contributed by atoms with E-state index in [4.69, 9.17) is 10.2 Å². The van der Waals surface area contributed by atoms with Crippen LogP contribution in [-0.4, -0.2) is 68.7 Å². The number of aliphatic hydroxyl groups excluding tert-OH is 5. The summed E-state index contributed by atoms with van der Waals surface area (Å²) in [5.74, 6) is -1.06. The van der Waals surface area contributed by atoms with Gasteiger partial charge in [-0.2, -0.15) is 5.10 Å². The van der Waals surface area contributed by atoms with Crippen molar-refractivity contribution in [2.75, 3.05) is 6.61 Å². The third-order valence-electron chi connectivity index (χ3n) is 2.99. The minimum Gasteiger partial charge on any atom is -0.394 e. The second kappa shape index (κ2) is 8.57. The summed E-state index contributed by atoms with van der Waals surface area (Å²) >= 11 is 0. The predicted octanol–water partition coefficient (Wildman–Crippen LogP) is -2.12. The summed E-state index contributed by atoms with van der Waals surface area (Å²) in [6, 6.07) is 7.26. The lowest BCUT2D eigenvalue weighted by molar-refractivity contribution is -0.148. The van der Waals surface area contributed by atoms with E-state index in [2.05, 4.69) is 5.10 Å². The molecule has 8 heteroatoms. The van der Waals surface area contributed by atoms with Gasteiger partial charge in [0.15, 0.2) is 6.10 Å². The fourth-order valence-corrected chi connectivity index (χ4v) is 1.57. The van der Waals surface area contributed by atoms with E-state index < -0.39 is 36.9 Å². The van der Waals surface area contributed by atoms with Gasteiger partial charge in [-0.25, -0.2) is 5.43 Å². The highest BCUT2D eigenvalue weighted by Gasteiger charge is 2.34. The number of aliphatic hydroxyl groups is 5. The summed E-state index contributed by atoms with van der Waals surface area (Å²) in [5.41, 5.74) is 3.79. The predicted molar refractivity (Wildman–Crippen MR) is 78.0 cm³/mol. The van der Waals surface area contributed by atoms with Gasteiger partial charge in [0.25, 0.3) is 5.91 Å². The molecule has 0 aliphatic heterocycles. The van der Waals surface area contributed by atoms with Gasteiger partial charge >= 0.3 is 0 Å². The Bertz CT molecular complexity index is 505. The topological polar surface area (TPSA) is 143 Å². The van der Waals surface area contributed by atoms with Crippen molar-refractivity contribution in [1.82, 2.24) is 5.43 Å². The Morgan fingerprint density at radius 1 is 1.18 bits per heavy atom. The molecule has 0 fully saturated rings. The second-order valence-electron chi connectivity index (χ2n) is 4.82. The summed E-state index contributed by atoms with van der Waals surface area (Å²) in [5, 5.41) is 49.9. The maximum Gasteiger partial charge on any atom is 0.271 e. The summed E-state index contributed by atoms with van der Waals surface area (Å²) < 4.78 is 0. The third kappa shape index (κ3) is 5.17. The summed E-state index contributed by atoms with van der Waals surface area (Å²) in [4.78, 5) is 11.6. The molecule has 0 bridgehead atoms. The first-order valence-corrected chi connectivity index (χ1v) is 6.59. The van der Waals surface area contributed by atoms with Gasteiger partial charge in [0, 0.05) is 0 Å². The lowest BCUT2D eigenvalue weighted by atomic mass is 10.0. The van der Waals surface area contributed by atoms with E-state index >= 15 is 0 Å². The molecule has 1 rings (SSSR count). The molecule has 8 nitrogen and oxygen atoms in total. The van der Waals surface area contributed by atoms with Gasteiger partial charge in [-0.1, -0.05) is 29.8 Å². The van der Waals surface area contributed by atoms with E-state index in [9.17, 15) is 20.1 Å². The van der Waals surface area contributed by atoms with Gasteiger partial charge in [0.1, 0.15) is 18.3 Å². The molecule has 22 heavy (non-hydrogen) atoms. The molecule has 0 unspecified atom stereocenters. The van der Waals surface area contributed by atoms with Crippen LogP contribution >= 0.6 is 0 Å². The van der Waals surface area contributed by atoms with Crippen molar-refractivity contribution >= 4 is 12.1 Å². The Hall–Kier alpha value is -1.84. The van der Waals surface area contributed by atoms with Crippen molar-refractivity contribution in [3.05, 3.63) is 35.4 Å². The number of benzene rings is 1. The molecule has 0 saturated carbocycles. The Morgan fingerprint density at radius 3 is 2.32 bits per heavy atom. The number of hydrogen-bond acceptors (Lipinski definition) is 7. The molecule has 1 amide bonds. The molecule has 4 atom stereocenters. The highest BCUT2D eigenvalue weighted by Crippen LogP contribution is 2.05. The molecule has 0 heterocycles. The number of carbonyl (C=O) groups excluding carboxylic acids is 1. The molecular weight excluding hydrogens is 292 g/mol. The summed E-state index contributed by atoms with van der Waals surface area (Å²) in [6.45, 7) is 1.10. The normalized spacial score (nSPS) is 17.0. The zero-order valence-corrected chi connectivity index (χ0v) is 12.0. The van der Waals surface area contributed by atoms with E-state index in [1.807, 2.05) is 24.5 Å². The molecule has 0 radical (unpaired) electrons. The van der Waals surface area contributed by atoms with Crippen LogP contribution in [0.1, 0.15) is 11.1 Å². The van der Waals surface area contributed by atoms with Crippen molar-refractivity contribution in [3.63, 3.8) is 0 Å². The average Bonchev–Trinajstić information content (AvgIpc) is 2.53. The summed E-state index contributed by atoms with van der Waals surface area (Å²) in [7, 11) is 0. The smallest absolute Gasteiger partial charge is 0.271 e. The second-order valence-corrected chi connectivity index (χ2v) is 4.82. The number of aryl methyl sites for hydroxylation is 1. The Labute approximate surface area is 127 Å². The fraction of sp³-hybridized carbons (Fsp3) is 0.429. The molecule has 0 spiro atoms. The number of rotatable bonds is 7. The maximum absolute atomic E-state index is 11.6. The van der Waals surface area contributed by atoms with Gasteiger partial charge in [-0.15, -0.1) is 0 Å². The monoisotopic (exact) mass is 312 g/mol. The van der Waals surface area contributed by atoms with E-state index in [1.54, 1.807) is 12.1 Å². The van der Waals surface area contributed by atoms with Gasteiger partial charge in [0.2, 0.25) is 0 Å². The van der Waals surface area contributed by atoms with Crippen LogP contribution in [0.3, 0.4) is 0 Å². The van der Waals surface area contributed by atoms with Crippen LogP contribution < -0.4 is 5.43 Å². The first-order valence-electron chi connectivity index (χ1n) is 6.59. The molecule has 0 saturated heterocycles. The summed E-state index contributed by atoms with van der Waals surface area (Å²) in [6.07, 6.45) is -6.17. The third-order valence-corrected chi connectivity index (χ3v) is 2.99. The minimum atomic E-state index is -2.01. The number of nitrogens with one attached hydrogen (secondary N) is 1. The van der Waals surface area contributed by atoms with Crippen LogP contribution in [0.15, 0.2) is 29.4 Å². The highest BCUT2D eigenvalue weighted by molar-refractivity contribution is 5.84. The Kier molecular flexibility index (Phi) is 7.09. The van der Waals surface area contributed by atoms with E-state index in [0.29, 0.717) is 0 Å². The van der Waals surface area contributed by atoms with Crippen LogP contribution in [-0.2, 0) is 4.79 Å². The van der Waals surface area contributed by atoms with Crippen molar-refractivity contribution in [3.8, 4) is 0 Å². The van der Waals surface area contributed by atoms with E-state index in [-0.39, 0.29) is 0 Å².